The molecule has 0 aliphatic heterocycles. The Morgan fingerprint density at radius 3 is 2.57 bits per heavy atom. The minimum absolute atomic E-state index is 0.0659. The van der Waals surface area contributed by atoms with Crippen LogP contribution in [-0.4, -0.2) is 13.0 Å². The van der Waals surface area contributed by atoms with Gasteiger partial charge in [-0.05, 0) is 23.8 Å². The summed E-state index contributed by atoms with van der Waals surface area (Å²) in [7, 11) is 1.65. The van der Waals surface area contributed by atoms with Gasteiger partial charge in [-0.15, -0.1) is 0 Å². The minimum Gasteiger partial charge on any atom is -0.342 e. The Hall–Kier alpha value is -1.85. The van der Waals surface area contributed by atoms with Crippen LogP contribution in [0.25, 0.3) is 10.9 Å². The highest BCUT2D eigenvalue weighted by Gasteiger charge is 2.18. The van der Waals surface area contributed by atoms with Gasteiger partial charge in [-0.25, -0.2) is 12.8 Å². The van der Waals surface area contributed by atoms with Crippen molar-refractivity contribution in [1.29, 1.82) is 0 Å². The predicted octanol–water partition coefficient (Wildman–Crippen LogP) is 3.76. The van der Waals surface area contributed by atoms with Gasteiger partial charge in [-0.2, -0.15) is 0 Å². The molecular formula is C15H11ClFNO2S. The third kappa shape index (κ3) is 2.80. The van der Waals surface area contributed by atoms with Gasteiger partial charge in [0.05, 0.1) is 0 Å². The predicted molar refractivity (Wildman–Crippen MR) is 80.5 cm³/mol. The van der Waals surface area contributed by atoms with Gasteiger partial charge in [0.15, 0.2) is 0 Å². The van der Waals surface area contributed by atoms with E-state index in [2.05, 4.69) is 0 Å². The summed E-state index contributed by atoms with van der Waals surface area (Å²) in [6, 6.07) is 13.3. The molecule has 0 fully saturated rings. The van der Waals surface area contributed by atoms with Gasteiger partial charge in [0.1, 0.15) is 10.7 Å². The van der Waals surface area contributed by atoms with Crippen molar-refractivity contribution >= 4 is 30.6 Å². The van der Waals surface area contributed by atoms with E-state index in [1.807, 2.05) is 6.07 Å². The molecule has 0 unspecified atom stereocenters. The Morgan fingerprint density at radius 2 is 1.86 bits per heavy atom. The lowest BCUT2D eigenvalue weighted by Gasteiger charge is -2.05. The maximum atomic E-state index is 13.3. The van der Waals surface area contributed by atoms with E-state index in [1.165, 1.54) is 18.3 Å². The van der Waals surface area contributed by atoms with E-state index < -0.39 is 9.05 Å². The average molecular weight is 324 g/mol. The van der Waals surface area contributed by atoms with Crippen molar-refractivity contribution in [3.63, 3.8) is 0 Å². The maximum Gasteiger partial charge on any atom is 0.263 e. The normalized spacial score (nSPS) is 11.9. The number of rotatable bonds is 3. The first-order valence-corrected chi connectivity index (χ1v) is 8.53. The molecule has 0 spiro atoms. The first-order chi connectivity index (χ1) is 9.95. The average Bonchev–Trinajstić information content (AvgIpc) is 2.78. The van der Waals surface area contributed by atoms with Gasteiger partial charge in [0, 0.05) is 34.3 Å². The molecule has 21 heavy (non-hydrogen) atoms. The van der Waals surface area contributed by atoms with E-state index in [1.54, 1.807) is 34.9 Å². The topological polar surface area (TPSA) is 39.1 Å². The molecular weight excluding hydrogens is 313 g/mol. The van der Waals surface area contributed by atoms with Crippen molar-refractivity contribution in [2.24, 2.45) is 0 Å². The number of halogens is 2. The molecule has 0 aliphatic rings. The molecule has 0 aliphatic carbocycles. The third-order valence-corrected chi connectivity index (χ3v) is 4.61. The van der Waals surface area contributed by atoms with E-state index in [9.17, 15) is 12.8 Å². The van der Waals surface area contributed by atoms with E-state index in [-0.39, 0.29) is 10.7 Å². The van der Waals surface area contributed by atoms with Crippen LogP contribution >= 0.6 is 10.7 Å². The summed E-state index contributed by atoms with van der Waals surface area (Å²) >= 11 is 0. The van der Waals surface area contributed by atoms with Crippen LogP contribution in [0.4, 0.5) is 4.39 Å². The van der Waals surface area contributed by atoms with Crippen LogP contribution < -0.4 is 0 Å². The minimum atomic E-state index is -3.83. The zero-order chi connectivity index (χ0) is 15.0. The molecule has 0 amide bonds. The summed E-state index contributed by atoms with van der Waals surface area (Å²) in [5, 5.41) is 0.559. The summed E-state index contributed by atoms with van der Waals surface area (Å²) < 4.78 is 38.3. The maximum absolute atomic E-state index is 13.3. The molecule has 3 nitrogen and oxygen atoms in total. The fourth-order valence-electron chi connectivity index (χ4n) is 2.37. The lowest BCUT2D eigenvalue weighted by atomic mass is 10.2. The number of aromatic nitrogens is 1. The Bertz CT molecular complexity index is 918. The lowest BCUT2D eigenvalue weighted by Crippen LogP contribution is -1.98. The molecule has 1 aromatic heterocycles. The van der Waals surface area contributed by atoms with E-state index in [0.717, 1.165) is 11.1 Å². The van der Waals surface area contributed by atoms with E-state index >= 15 is 0 Å². The fourth-order valence-corrected chi connectivity index (χ4v) is 3.43. The van der Waals surface area contributed by atoms with Crippen LogP contribution in [0.15, 0.2) is 59.6 Å². The number of benzene rings is 2. The highest BCUT2D eigenvalue weighted by molar-refractivity contribution is 8.14. The summed E-state index contributed by atoms with van der Waals surface area (Å²) in [6.07, 6.45) is 1.48. The van der Waals surface area contributed by atoms with Crippen molar-refractivity contribution in [3.8, 4) is 0 Å². The zero-order valence-electron chi connectivity index (χ0n) is 10.8. The summed E-state index contributed by atoms with van der Waals surface area (Å²) in [4.78, 5) is 0.0659. The fraction of sp³-hybridized carbons (Fsp3) is 0.0667. The molecule has 3 rings (SSSR count). The summed E-state index contributed by atoms with van der Waals surface area (Å²) in [5.74, 6) is -0.325. The van der Waals surface area contributed by atoms with Crippen LogP contribution in [0.1, 0.15) is 5.56 Å². The van der Waals surface area contributed by atoms with Gasteiger partial charge in [0.25, 0.3) is 9.05 Å². The van der Waals surface area contributed by atoms with Gasteiger partial charge >= 0.3 is 0 Å². The van der Waals surface area contributed by atoms with Gasteiger partial charge < -0.3 is 4.57 Å². The molecule has 0 atom stereocenters. The molecule has 1 heterocycles. The highest BCUT2D eigenvalue weighted by Crippen LogP contribution is 2.28. The Kier molecular flexibility index (Phi) is 3.47. The van der Waals surface area contributed by atoms with E-state index in [4.69, 9.17) is 10.7 Å². The van der Waals surface area contributed by atoms with Crippen LogP contribution in [0.5, 0.6) is 0 Å². The molecule has 0 radical (unpaired) electrons. The highest BCUT2D eigenvalue weighted by atomic mass is 35.7. The van der Waals surface area contributed by atoms with E-state index in [0.29, 0.717) is 11.9 Å². The van der Waals surface area contributed by atoms with Crippen LogP contribution in [0.3, 0.4) is 0 Å². The molecule has 6 heteroatoms. The second kappa shape index (κ2) is 5.16. The number of para-hydroxylation sites is 1. The molecule has 0 saturated heterocycles. The SMILES string of the molecule is O=S(=O)(Cl)c1cn(Cc2cccc(F)c2)c2ccccc12. The number of hydrogen-bond donors (Lipinski definition) is 0. The van der Waals surface area contributed by atoms with Crippen molar-refractivity contribution in [3.05, 3.63) is 66.1 Å². The summed E-state index contributed by atoms with van der Waals surface area (Å²) in [6.45, 7) is 0.366. The van der Waals surface area contributed by atoms with Crippen molar-refractivity contribution in [1.82, 2.24) is 4.57 Å². The molecule has 108 valence electrons. The van der Waals surface area contributed by atoms with Crippen LogP contribution in [0, 0.1) is 5.82 Å². The molecule has 0 N–H and O–H groups in total. The van der Waals surface area contributed by atoms with Gasteiger partial charge in [0.2, 0.25) is 0 Å². The van der Waals surface area contributed by atoms with Crippen molar-refractivity contribution in [2.45, 2.75) is 11.4 Å². The first kappa shape index (κ1) is 14.1. The number of nitrogens with zero attached hydrogens (tertiary/aromatic N) is 1. The monoisotopic (exact) mass is 323 g/mol. The van der Waals surface area contributed by atoms with Gasteiger partial charge in [-0.3, -0.25) is 0 Å². The second-order valence-electron chi connectivity index (χ2n) is 4.71. The summed E-state index contributed by atoms with van der Waals surface area (Å²) in [5.41, 5.74) is 1.48. The first-order valence-electron chi connectivity index (χ1n) is 6.22. The lowest BCUT2D eigenvalue weighted by molar-refractivity contribution is 0.609. The number of hydrogen-bond acceptors (Lipinski definition) is 2. The Labute approximate surface area is 126 Å². The zero-order valence-corrected chi connectivity index (χ0v) is 12.4. The molecule has 0 bridgehead atoms. The Morgan fingerprint density at radius 1 is 1.10 bits per heavy atom. The second-order valence-corrected chi connectivity index (χ2v) is 7.24. The standard InChI is InChI=1S/C15H11ClFNO2S/c16-21(19,20)15-10-18(14-7-2-1-6-13(14)15)9-11-4-3-5-12(17)8-11/h1-8,10H,9H2. The smallest absolute Gasteiger partial charge is 0.263 e. The quantitative estimate of drug-likeness (QED) is 0.688. The molecule has 0 saturated carbocycles. The number of fused-ring (bicyclic) bond motifs is 1. The van der Waals surface area contributed by atoms with Crippen LogP contribution in [0.2, 0.25) is 0 Å². The van der Waals surface area contributed by atoms with Crippen molar-refractivity contribution < 1.29 is 12.8 Å². The Balaban J connectivity index is 2.15. The molecule has 2 aromatic carbocycles. The largest absolute Gasteiger partial charge is 0.342 e. The third-order valence-electron chi connectivity index (χ3n) is 3.26. The van der Waals surface area contributed by atoms with Gasteiger partial charge in [-0.1, -0.05) is 30.3 Å². The van der Waals surface area contributed by atoms with Crippen molar-refractivity contribution in [2.75, 3.05) is 0 Å². The van der Waals surface area contributed by atoms with Crippen LogP contribution in [-0.2, 0) is 15.6 Å². The molecule has 3 aromatic rings.